The average Bonchev–Trinajstić information content (AvgIpc) is 3.06. The molecule has 3 heterocycles. The lowest BCUT2D eigenvalue weighted by molar-refractivity contribution is 0.139. The first-order valence-electron chi connectivity index (χ1n) is 10.2. The van der Waals surface area contributed by atoms with E-state index in [0.717, 1.165) is 66.4 Å². The van der Waals surface area contributed by atoms with Crippen LogP contribution in [0.25, 0.3) is 5.69 Å². The van der Waals surface area contributed by atoms with Crippen LogP contribution in [0.2, 0.25) is 5.02 Å². The molecule has 150 valence electrons. The first kappa shape index (κ1) is 18.6. The second kappa shape index (κ2) is 7.76. The van der Waals surface area contributed by atoms with E-state index in [2.05, 4.69) is 25.8 Å². The molecule has 1 fully saturated rings. The van der Waals surface area contributed by atoms with Gasteiger partial charge < -0.3 is 10.5 Å². The summed E-state index contributed by atoms with van der Waals surface area (Å²) in [7, 11) is 0. The number of hydrogen-bond donors (Lipinski definition) is 1. The Hall–Kier alpha value is -2.44. The Labute approximate surface area is 175 Å². The van der Waals surface area contributed by atoms with Gasteiger partial charge in [-0.1, -0.05) is 17.7 Å². The van der Waals surface area contributed by atoms with Gasteiger partial charge in [0, 0.05) is 35.7 Å². The van der Waals surface area contributed by atoms with Gasteiger partial charge in [0.1, 0.15) is 17.8 Å². The zero-order valence-corrected chi connectivity index (χ0v) is 16.9. The second-order valence-corrected chi connectivity index (χ2v) is 8.45. The molecule has 0 radical (unpaired) electrons. The number of hydrogen-bond acceptors (Lipinski definition) is 5. The molecule has 7 heteroatoms. The van der Waals surface area contributed by atoms with Crippen molar-refractivity contribution in [2.24, 2.45) is 5.73 Å². The van der Waals surface area contributed by atoms with Crippen LogP contribution in [0.4, 0.5) is 0 Å². The maximum atomic E-state index is 6.35. The van der Waals surface area contributed by atoms with Gasteiger partial charge in [-0.05, 0) is 61.9 Å². The summed E-state index contributed by atoms with van der Waals surface area (Å²) < 4.78 is 8.28. The number of halogens is 1. The highest BCUT2D eigenvalue weighted by Gasteiger charge is 2.31. The van der Waals surface area contributed by atoms with Crippen molar-refractivity contribution in [2.45, 2.75) is 56.6 Å². The van der Waals surface area contributed by atoms with Gasteiger partial charge >= 0.3 is 0 Å². The fraction of sp³-hybridized carbons (Fsp3) is 0.409. The fourth-order valence-electron chi connectivity index (χ4n) is 4.54. The minimum Gasteiger partial charge on any atom is -0.474 e. The molecule has 2 aliphatic rings. The Kier molecular flexibility index (Phi) is 4.97. The maximum Gasteiger partial charge on any atom is 0.213 e. The molecule has 1 aliphatic carbocycles. The number of benzene rings is 1. The van der Waals surface area contributed by atoms with Crippen LogP contribution in [-0.4, -0.2) is 31.9 Å². The molecule has 2 aromatic heterocycles. The minimum absolute atomic E-state index is 0.0213. The van der Waals surface area contributed by atoms with E-state index in [0.29, 0.717) is 11.8 Å². The molecule has 6 nitrogen and oxygen atoms in total. The lowest BCUT2D eigenvalue weighted by Gasteiger charge is -2.28. The van der Waals surface area contributed by atoms with Crippen molar-refractivity contribution in [3.63, 3.8) is 0 Å². The lowest BCUT2D eigenvalue weighted by atomic mass is 9.86. The second-order valence-electron chi connectivity index (χ2n) is 8.01. The van der Waals surface area contributed by atoms with Gasteiger partial charge in [-0.2, -0.15) is 0 Å². The van der Waals surface area contributed by atoms with E-state index in [1.807, 2.05) is 30.3 Å². The van der Waals surface area contributed by atoms with Crippen molar-refractivity contribution in [3.8, 4) is 11.6 Å². The summed E-state index contributed by atoms with van der Waals surface area (Å²) >= 11 is 6.25. The van der Waals surface area contributed by atoms with Gasteiger partial charge in [0.2, 0.25) is 5.88 Å². The van der Waals surface area contributed by atoms with E-state index in [1.54, 1.807) is 6.20 Å². The highest BCUT2D eigenvalue weighted by molar-refractivity contribution is 6.30. The zero-order chi connectivity index (χ0) is 19.8. The van der Waals surface area contributed by atoms with Gasteiger partial charge in [-0.15, -0.1) is 10.2 Å². The molecule has 0 unspecified atom stereocenters. The lowest BCUT2D eigenvalue weighted by Crippen LogP contribution is -2.25. The summed E-state index contributed by atoms with van der Waals surface area (Å²) in [6, 6.07) is 11.8. The topological polar surface area (TPSA) is 78.9 Å². The van der Waals surface area contributed by atoms with Crippen molar-refractivity contribution in [1.29, 1.82) is 0 Å². The molecule has 3 aromatic rings. The van der Waals surface area contributed by atoms with Gasteiger partial charge in [0.15, 0.2) is 0 Å². The number of ether oxygens (including phenoxy) is 1. The van der Waals surface area contributed by atoms with Gasteiger partial charge in [0.05, 0.1) is 5.69 Å². The van der Waals surface area contributed by atoms with Gasteiger partial charge in [-0.25, -0.2) is 4.98 Å². The third kappa shape index (κ3) is 3.74. The van der Waals surface area contributed by atoms with E-state index in [1.165, 1.54) is 0 Å². The molecule has 1 atom stereocenters. The van der Waals surface area contributed by atoms with E-state index in [4.69, 9.17) is 22.1 Å². The van der Waals surface area contributed by atoms with E-state index in [-0.39, 0.29) is 12.1 Å². The Morgan fingerprint density at radius 3 is 2.69 bits per heavy atom. The minimum atomic E-state index is 0.0213. The summed E-state index contributed by atoms with van der Waals surface area (Å²) in [6.07, 6.45) is 7.48. The highest BCUT2D eigenvalue weighted by Crippen LogP contribution is 2.36. The maximum absolute atomic E-state index is 6.35. The molecule has 2 N–H and O–H groups in total. The van der Waals surface area contributed by atoms with Crippen LogP contribution in [0.15, 0.2) is 42.6 Å². The first-order chi connectivity index (χ1) is 14.2. The number of nitrogens with zero attached hydrogens (tertiary/aromatic N) is 4. The smallest absolute Gasteiger partial charge is 0.213 e. The average molecular weight is 410 g/mol. The molecule has 0 saturated heterocycles. The van der Waals surface area contributed by atoms with E-state index >= 15 is 0 Å². The van der Waals surface area contributed by atoms with Crippen LogP contribution >= 0.6 is 11.6 Å². The van der Waals surface area contributed by atoms with Crippen molar-refractivity contribution in [1.82, 2.24) is 19.7 Å². The van der Waals surface area contributed by atoms with Crippen LogP contribution < -0.4 is 10.5 Å². The van der Waals surface area contributed by atoms with Crippen molar-refractivity contribution < 1.29 is 4.74 Å². The summed E-state index contributed by atoms with van der Waals surface area (Å²) in [5, 5.41) is 9.85. The summed E-state index contributed by atoms with van der Waals surface area (Å²) in [5.41, 5.74) is 8.63. The normalized spacial score (nSPS) is 23.7. The monoisotopic (exact) mass is 409 g/mol. The van der Waals surface area contributed by atoms with Crippen molar-refractivity contribution in [3.05, 3.63) is 64.8 Å². The van der Waals surface area contributed by atoms with Crippen LogP contribution in [0, 0.1) is 0 Å². The number of pyridine rings is 1. The SMILES string of the molecule is N[C@H]1Cc2cc(Cl)ccc2-n2c(nnc2[C@H]2CC[C@H](Oc3ccccn3)CC2)C1. The summed E-state index contributed by atoms with van der Waals surface area (Å²) in [4.78, 5) is 4.28. The standard InChI is InChI=1S/C22H24ClN5O/c23-16-6-9-19-15(11-16)12-17(24)13-20-26-27-22(28(19)20)14-4-7-18(8-5-14)29-21-3-1-2-10-25-21/h1-3,6,9-11,14,17-18H,4-5,7-8,12-13,24H2/t14-,17-,18-/m0/s1. The molecule has 0 spiro atoms. The Morgan fingerprint density at radius 1 is 1.03 bits per heavy atom. The molecule has 1 saturated carbocycles. The van der Waals surface area contributed by atoms with Crippen LogP contribution in [-0.2, 0) is 12.8 Å². The summed E-state index contributed by atoms with van der Waals surface area (Å²) in [5.74, 6) is 3.04. The van der Waals surface area contributed by atoms with E-state index < -0.39 is 0 Å². The van der Waals surface area contributed by atoms with Gasteiger partial charge in [-0.3, -0.25) is 4.57 Å². The molecular formula is C22H24ClN5O. The quantitative estimate of drug-likeness (QED) is 0.710. The largest absolute Gasteiger partial charge is 0.474 e. The molecular weight excluding hydrogens is 386 g/mol. The molecule has 1 aromatic carbocycles. The van der Waals surface area contributed by atoms with Crippen LogP contribution in [0.3, 0.4) is 0 Å². The van der Waals surface area contributed by atoms with Crippen LogP contribution in [0.1, 0.15) is 48.8 Å². The van der Waals surface area contributed by atoms with Crippen LogP contribution in [0.5, 0.6) is 5.88 Å². The zero-order valence-electron chi connectivity index (χ0n) is 16.2. The van der Waals surface area contributed by atoms with Crippen molar-refractivity contribution in [2.75, 3.05) is 0 Å². The predicted octanol–water partition coefficient (Wildman–Crippen LogP) is 3.85. The highest BCUT2D eigenvalue weighted by atomic mass is 35.5. The Balaban J connectivity index is 1.38. The first-order valence-corrected chi connectivity index (χ1v) is 10.6. The molecule has 0 amide bonds. The fourth-order valence-corrected chi connectivity index (χ4v) is 4.74. The molecule has 5 rings (SSSR count). The number of nitrogens with two attached hydrogens (primary N) is 1. The molecule has 1 aliphatic heterocycles. The number of fused-ring (bicyclic) bond motifs is 3. The summed E-state index contributed by atoms with van der Waals surface area (Å²) in [6.45, 7) is 0. The Morgan fingerprint density at radius 2 is 1.90 bits per heavy atom. The Bertz CT molecular complexity index is 998. The molecule has 29 heavy (non-hydrogen) atoms. The predicted molar refractivity (Wildman–Crippen MR) is 112 cm³/mol. The number of aromatic nitrogens is 4. The molecule has 0 bridgehead atoms. The van der Waals surface area contributed by atoms with Crippen molar-refractivity contribution >= 4 is 11.6 Å². The van der Waals surface area contributed by atoms with Gasteiger partial charge in [0.25, 0.3) is 0 Å². The third-order valence-corrected chi connectivity index (χ3v) is 6.16. The van der Waals surface area contributed by atoms with E-state index in [9.17, 15) is 0 Å². The number of rotatable bonds is 3. The third-order valence-electron chi connectivity index (χ3n) is 5.93.